The predicted molar refractivity (Wildman–Crippen MR) is 68.9 cm³/mol. The van der Waals surface area contributed by atoms with E-state index in [1.807, 2.05) is 0 Å². The highest BCUT2D eigenvalue weighted by molar-refractivity contribution is 4.71. The van der Waals surface area contributed by atoms with Crippen LogP contribution in [0.2, 0.25) is 0 Å². The summed E-state index contributed by atoms with van der Waals surface area (Å²) in [5.74, 6) is 2.07. The Morgan fingerprint density at radius 2 is 1.20 bits per heavy atom. The molecule has 0 aliphatic rings. The molecular formula is C13H30N2. The monoisotopic (exact) mass is 214 g/mol. The molecule has 0 aromatic heterocycles. The van der Waals surface area contributed by atoms with Crippen molar-refractivity contribution in [3.63, 3.8) is 0 Å². The summed E-state index contributed by atoms with van der Waals surface area (Å²) in [6.07, 6.45) is 0. The molecule has 2 unspecified atom stereocenters. The van der Waals surface area contributed by atoms with Crippen LogP contribution >= 0.6 is 0 Å². The zero-order valence-corrected chi connectivity index (χ0v) is 11.5. The first-order valence-corrected chi connectivity index (χ1v) is 6.30. The third kappa shape index (κ3) is 7.80. The Kier molecular flexibility index (Phi) is 7.20. The zero-order chi connectivity index (χ0) is 12.0. The Morgan fingerprint density at radius 1 is 0.800 bits per heavy atom. The van der Waals surface area contributed by atoms with Crippen molar-refractivity contribution in [1.82, 2.24) is 4.90 Å². The highest BCUT2D eigenvalue weighted by Gasteiger charge is 2.15. The van der Waals surface area contributed by atoms with E-state index in [9.17, 15) is 0 Å². The predicted octanol–water partition coefficient (Wildman–Crippen LogP) is 2.58. The topological polar surface area (TPSA) is 29.3 Å². The number of hydrogen-bond acceptors (Lipinski definition) is 2. The van der Waals surface area contributed by atoms with Gasteiger partial charge in [0.2, 0.25) is 0 Å². The second-order valence-corrected chi connectivity index (χ2v) is 5.84. The second-order valence-electron chi connectivity index (χ2n) is 5.84. The summed E-state index contributed by atoms with van der Waals surface area (Å²) in [6, 6.07) is 0.298. The molecule has 0 rings (SSSR count). The van der Waals surface area contributed by atoms with Crippen LogP contribution in [0.15, 0.2) is 0 Å². The smallest absolute Gasteiger partial charge is 0.00483 e. The summed E-state index contributed by atoms with van der Waals surface area (Å²) < 4.78 is 0. The molecule has 2 nitrogen and oxygen atoms in total. The fourth-order valence-electron chi connectivity index (χ4n) is 1.83. The van der Waals surface area contributed by atoms with Crippen LogP contribution in [0.3, 0.4) is 0 Å². The molecule has 15 heavy (non-hydrogen) atoms. The summed E-state index contributed by atoms with van der Waals surface area (Å²) in [5.41, 5.74) is 5.92. The first-order chi connectivity index (χ1) is 6.82. The fraction of sp³-hybridized carbons (Fsp3) is 1.00. The SMILES string of the molecule is CC(C)CN(CC(C)C)CC(C)C(C)N. The highest BCUT2D eigenvalue weighted by Crippen LogP contribution is 2.09. The Labute approximate surface area is 96.2 Å². The van der Waals surface area contributed by atoms with Crippen LogP contribution in [0.5, 0.6) is 0 Å². The average molecular weight is 214 g/mol. The normalized spacial score (nSPS) is 16.4. The van der Waals surface area contributed by atoms with Crippen molar-refractivity contribution in [2.45, 2.75) is 47.6 Å². The third-order valence-electron chi connectivity index (χ3n) is 2.69. The van der Waals surface area contributed by atoms with Crippen molar-refractivity contribution in [2.24, 2.45) is 23.5 Å². The first-order valence-electron chi connectivity index (χ1n) is 6.30. The van der Waals surface area contributed by atoms with Crippen molar-refractivity contribution >= 4 is 0 Å². The van der Waals surface area contributed by atoms with Crippen LogP contribution in [0.4, 0.5) is 0 Å². The molecule has 0 spiro atoms. The molecule has 0 aliphatic carbocycles. The van der Waals surface area contributed by atoms with Crippen LogP contribution in [-0.4, -0.2) is 30.6 Å². The van der Waals surface area contributed by atoms with Gasteiger partial charge in [-0.2, -0.15) is 0 Å². The van der Waals surface area contributed by atoms with Gasteiger partial charge in [0.25, 0.3) is 0 Å². The van der Waals surface area contributed by atoms with Gasteiger partial charge in [0.1, 0.15) is 0 Å². The minimum absolute atomic E-state index is 0.298. The van der Waals surface area contributed by atoms with Gasteiger partial charge in [-0.05, 0) is 24.7 Å². The van der Waals surface area contributed by atoms with E-state index < -0.39 is 0 Å². The lowest BCUT2D eigenvalue weighted by Crippen LogP contribution is -2.39. The number of nitrogens with zero attached hydrogens (tertiary/aromatic N) is 1. The molecule has 0 saturated carbocycles. The average Bonchev–Trinajstić information content (AvgIpc) is 2.00. The van der Waals surface area contributed by atoms with Crippen molar-refractivity contribution in [3.8, 4) is 0 Å². The van der Waals surface area contributed by atoms with E-state index in [0.29, 0.717) is 12.0 Å². The van der Waals surface area contributed by atoms with E-state index in [2.05, 4.69) is 46.4 Å². The number of nitrogens with two attached hydrogens (primary N) is 1. The molecule has 0 aliphatic heterocycles. The van der Waals surface area contributed by atoms with Gasteiger partial charge < -0.3 is 10.6 Å². The molecule has 92 valence electrons. The minimum atomic E-state index is 0.298. The maximum atomic E-state index is 5.92. The van der Waals surface area contributed by atoms with Crippen molar-refractivity contribution in [2.75, 3.05) is 19.6 Å². The quantitative estimate of drug-likeness (QED) is 0.706. The maximum Gasteiger partial charge on any atom is 0.00483 e. The Bertz CT molecular complexity index is 143. The van der Waals surface area contributed by atoms with Gasteiger partial charge in [0.15, 0.2) is 0 Å². The Morgan fingerprint density at radius 3 is 1.47 bits per heavy atom. The van der Waals surface area contributed by atoms with Crippen molar-refractivity contribution in [3.05, 3.63) is 0 Å². The minimum Gasteiger partial charge on any atom is -0.328 e. The van der Waals surface area contributed by atoms with Crippen LogP contribution in [0.25, 0.3) is 0 Å². The van der Waals surface area contributed by atoms with Crippen LogP contribution in [0.1, 0.15) is 41.5 Å². The van der Waals surface area contributed by atoms with Crippen molar-refractivity contribution < 1.29 is 0 Å². The molecule has 0 fully saturated rings. The van der Waals surface area contributed by atoms with E-state index in [1.54, 1.807) is 0 Å². The Balaban J connectivity index is 4.11. The molecule has 0 aromatic rings. The van der Waals surface area contributed by atoms with E-state index in [1.165, 1.54) is 13.1 Å². The lowest BCUT2D eigenvalue weighted by Gasteiger charge is -2.30. The van der Waals surface area contributed by atoms with E-state index in [-0.39, 0.29) is 0 Å². The van der Waals surface area contributed by atoms with Crippen LogP contribution < -0.4 is 5.73 Å². The highest BCUT2D eigenvalue weighted by atomic mass is 15.1. The van der Waals surface area contributed by atoms with Gasteiger partial charge in [-0.1, -0.05) is 34.6 Å². The Hall–Kier alpha value is -0.0800. The standard InChI is InChI=1S/C13H30N2/c1-10(2)7-15(8-11(3)4)9-12(5)13(6)14/h10-13H,7-9,14H2,1-6H3. The molecule has 0 bridgehead atoms. The molecule has 0 heterocycles. The van der Waals surface area contributed by atoms with Crippen molar-refractivity contribution in [1.29, 1.82) is 0 Å². The molecule has 0 radical (unpaired) electrons. The number of rotatable bonds is 7. The molecular weight excluding hydrogens is 184 g/mol. The van der Waals surface area contributed by atoms with Crippen LogP contribution in [-0.2, 0) is 0 Å². The summed E-state index contributed by atoms with van der Waals surface area (Å²) in [4.78, 5) is 2.56. The molecule has 2 atom stereocenters. The summed E-state index contributed by atoms with van der Waals surface area (Å²) in [7, 11) is 0. The van der Waals surface area contributed by atoms with Gasteiger partial charge in [-0.3, -0.25) is 0 Å². The molecule has 2 heteroatoms. The fourth-order valence-corrected chi connectivity index (χ4v) is 1.83. The lowest BCUT2D eigenvalue weighted by atomic mass is 10.0. The largest absolute Gasteiger partial charge is 0.328 e. The lowest BCUT2D eigenvalue weighted by molar-refractivity contribution is 0.184. The summed E-state index contributed by atoms with van der Waals surface area (Å²) >= 11 is 0. The molecule has 0 amide bonds. The summed E-state index contributed by atoms with van der Waals surface area (Å²) in [5, 5.41) is 0. The van der Waals surface area contributed by atoms with E-state index in [0.717, 1.165) is 18.4 Å². The maximum absolute atomic E-state index is 5.92. The molecule has 0 aromatic carbocycles. The van der Waals surface area contributed by atoms with Gasteiger partial charge in [-0.25, -0.2) is 0 Å². The van der Waals surface area contributed by atoms with E-state index >= 15 is 0 Å². The van der Waals surface area contributed by atoms with Gasteiger partial charge in [-0.15, -0.1) is 0 Å². The van der Waals surface area contributed by atoms with Gasteiger partial charge in [0.05, 0.1) is 0 Å². The number of hydrogen-bond donors (Lipinski definition) is 1. The third-order valence-corrected chi connectivity index (χ3v) is 2.69. The first kappa shape index (κ1) is 14.9. The van der Waals surface area contributed by atoms with Gasteiger partial charge >= 0.3 is 0 Å². The van der Waals surface area contributed by atoms with Gasteiger partial charge in [0, 0.05) is 25.7 Å². The molecule has 0 saturated heterocycles. The van der Waals surface area contributed by atoms with E-state index in [4.69, 9.17) is 5.73 Å². The summed E-state index contributed by atoms with van der Waals surface area (Å²) in [6.45, 7) is 17.0. The zero-order valence-electron chi connectivity index (χ0n) is 11.5. The molecule has 2 N–H and O–H groups in total. The van der Waals surface area contributed by atoms with Crippen LogP contribution in [0, 0.1) is 17.8 Å². The second kappa shape index (κ2) is 7.24.